The summed E-state index contributed by atoms with van der Waals surface area (Å²) >= 11 is 3.36. The number of hydrogen-bond acceptors (Lipinski definition) is 5. The molecule has 2 aromatic heterocycles. The third-order valence-corrected chi connectivity index (χ3v) is 4.46. The minimum Gasteiger partial charge on any atom is -0.337 e. The van der Waals surface area contributed by atoms with Crippen molar-refractivity contribution in [1.82, 2.24) is 14.7 Å². The minimum atomic E-state index is -0.296. The first-order valence-electron chi connectivity index (χ1n) is 7.76. The van der Waals surface area contributed by atoms with Gasteiger partial charge in [0.25, 0.3) is 0 Å². The van der Waals surface area contributed by atoms with Crippen LogP contribution in [0.3, 0.4) is 0 Å². The number of pyridine rings is 1. The number of halogens is 1. The number of hydrogen-bond donors (Lipinski definition) is 0. The summed E-state index contributed by atoms with van der Waals surface area (Å²) in [5, 5.41) is 13.7. The highest BCUT2D eigenvalue weighted by Crippen LogP contribution is 2.20. The molecule has 4 rings (SSSR count). The second-order valence-corrected chi connectivity index (χ2v) is 6.57. The van der Waals surface area contributed by atoms with Crippen LogP contribution in [0.1, 0.15) is 11.5 Å². The van der Waals surface area contributed by atoms with Crippen LogP contribution >= 0.6 is 15.9 Å². The Labute approximate surface area is 156 Å². The Morgan fingerprint density at radius 3 is 2.77 bits per heavy atom. The Kier molecular flexibility index (Phi) is 4.11. The molecular formula is C19H11BrN4O2. The zero-order chi connectivity index (χ0) is 18.1. The van der Waals surface area contributed by atoms with Gasteiger partial charge in [-0.3, -0.25) is 4.79 Å². The lowest BCUT2D eigenvalue weighted by Gasteiger charge is -2.09. The summed E-state index contributed by atoms with van der Waals surface area (Å²) in [6.45, 7) is 0.257. The SMILES string of the molecule is N#Cc1cn(Cc2nc(-c3ccccc3)no2)c2ccc(Br)cc2c1=O. The van der Waals surface area contributed by atoms with Gasteiger partial charge in [-0.05, 0) is 18.2 Å². The Hall–Kier alpha value is -3.24. The quantitative estimate of drug-likeness (QED) is 0.517. The van der Waals surface area contributed by atoms with Crippen molar-refractivity contribution in [2.75, 3.05) is 0 Å². The predicted molar refractivity (Wildman–Crippen MR) is 99.5 cm³/mol. The molecule has 0 aliphatic carbocycles. The van der Waals surface area contributed by atoms with Crippen molar-refractivity contribution < 1.29 is 4.52 Å². The fraction of sp³-hybridized carbons (Fsp3) is 0.0526. The second-order valence-electron chi connectivity index (χ2n) is 5.65. The average Bonchev–Trinajstić information content (AvgIpc) is 3.13. The minimum absolute atomic E-state index is 0.0680. The van der Waals surface area contributed by atoms with Gasteiger partial charge in [-0.15, -0.1) is 0 Å². The van der Waals surface area contributed by atoms with E-state index >= 15 is 0 Å². The van der Waals surface area contributed by atoms with Gasteiger partial charge in [0.15, 0.2) is 0 Å². The Bertz CT molecular complexity index is 1210. The molecule has 0 saturated carbocycles. The molecule has 0 saturated heterocycles. The van der Waals surface area contributed by atoms with E-state index in [2.05, 4.69) is 26.1 Å². The molecule has 6 nitrogen and oxygen atoms in total. The summed E-state index contributed by atoms with van der Waals surface area (Å²) in [6.07, 6.45) is 1.52. The lowest BCUT2D eigenvalue weighted by molar-refractivity contribution is 0.372. The fourth-order valence-corrected chi connectivity index (χ4v) is 3.11. The van der Waals surface area contributed by atoms with Gasteiger partial charge in [-0.1, -0.05) is 51.4 Å². The average molecular weight is 407 g/mol. The molecule has 0 unspecified atom stereocenters. The maximum absolute atomic E-state index is 12.4. The molecule has 0 N–H and O–H groups in total. The molecule has 0 aliphatic rings. The van der Waals surface area contributed by atoms with Gasteiger partial charge >= 0.3 is 0 Å². The first-order chi connectivity index (χ1) is 12.7. The zero-order valence-electron chi connectivity index (χ0n) is 13.4. The third kappa shape index (κ3) is 2.91. The molecule has 0 amide bonds. The first-order valence-corrected chi connectivity index (χ1v) is 8.56. The van der Waals surface area contributed by atoms with Gasteiger partial charge in [0.1, 0.15) is 18.2 Å². The van der Waals surface area contributed by atoms with E-state index in [0.717, 1.165) is 10.0 Å². The van der Waals surface area contributed by atoms with Crippen LogP contribution in [0.25, 0.3) is 22.3 Å². The van der Waals surface area contributed by atoms with E-state index in [-0.39, 0.29) is 17.5 Å². The Morgan fingerprint density at radius 2 is 2.00 bits per heavy atom. The topological polar surface area (TPSA) is 84.7 Å². The van der Waals surface area contributed by atoms with Crippen molar-refractivity contribution in [2.24, 2.45) is 0 Å². The summed E-state index contributed by atoms with van der Waals surface area (Å²) in [7, 11) is 0. The maximum Gasteiger partial charge on any atom is 0.246 e. The normalized spacial score (nSPS) is 10.8. The van der Waals surface area contributed by atoms with Crippen LogP contribution in [0, 0.1) is 11.3 Å². The summed E-state index contributed by atoms with van der Waals surface area (Å²) in [5.74, 6) is 0.884. The Balaban J connectivity index is 1.79. The molecule has 126 valence electrons. The smallest absolute Gasteiger partial charge is 0.246 e. The van der Waals surface area contributed by atoms with E-state index in [0.29, 0.717) is 22.6 Å². The highest BCUT2D eigenvalue weighted by atomic mass is 79.9. The fourth-order valence-electron chi connectivity index (χ4n) is 2.75. The van der Waals surface area contributed by atoms with E-state index in [1.54, 1.807) is 10.6 Å². The number of nitriles is 1. The molecule has 0 bridgehead atoms. The zero-order valence-corrected chi connectivity index (χ0v) is 15.0. The van der Waals surface area contributed by atoms with Crippen LogP contribution in [0.5, 0.6) is 0 Å². The largest absolute Gasteiger partial charge is 0.337 e. The van der Waals surface area contributed by atoms with Crippen molar-refractivity contribution in [3.63, 3.8) is 0 Å². The summed E-state index contributed by atoms with van der Waals surface area (Å²) in [6, 6.07) is 16.8. The molecule has 2 heterocycles. The number of rotatable bonds is 3. The molecule has 0 radical (unpaired) electrons. The number of aromatic nitrogens is 3. The molecular weight excluding hydrogens is 396 g/mol. The van der Waals surface area contributed by atoms with Gasteiger partial charge in [-0.2, -0.15) is 10.2 Å². The van der Waals surface area contributed by atoms with Gasteiger partial charge in [0, 0.05) is 21.6 Å². The van der Waals surface area contributed by atoms with Crippen molar-refractivity contribution >= 4 is 26.8 Å². The van der Waals surface area contributed by atoms with Crippen LogP contribution < -0.4 is 5.43 Å². The van der Waals surface area contributed by atoms with Crippen LogP contribution in [0.15, 0.2) is 68.5 Å². The van der Waals surface area contributed by atoms with Gasteiger partial charge in [0.2, 0.25) is 17.1 Å². The monoisotopic (exact) mass is 406 g/mol. The number of nitrogens with zero attached hydrogens (tertiary/aromatic N) is 4. The Morgan fingerprint density at radius 1 is 1.19 bits per heavy atom. The van der Waals surface area contributed by atoms with Crippen LogP contribution in [-0.2, 0) is 6.54 Å². The van der Waals surface area contributed by atoms with Gasteiger partial charge in [0.05, 0.1) is 5.52 Å². The van der Waals surface area contributed by atoms with E-state index in [1.165, 1.54) is 6.20 Å². The van der Waals surface area contributed by atoms with Crippen LogP contribution in [0.4, 0.5) is 0 Å². The molecule has 2 aromatic carbocycles. The summed E-state index contributed by atoms with van der Waals surface area (Å²) in [4.78, 5) is 16.8. The summed E-state index contributed by atoms with van der Waals surface area (Å²) < 4.78 is 7.89. The maximum atomic E-state index is 12.4. The number of benzene rings is 2. The van der Waals surface area contributed by atoms with Crippen LogP contribution in [-0.4, -0.2) is 14.7 Å². The van der Waals surface area contributed by atoms with Gasteiger partial charge in [-0.25, -0.2) is 0 Å². The second kappa shape index (κ2) is 6.58. The van der Waals surface area contributed by atoms with Crippen molar-refractivity contribution in [3.8, 4) is 17.5 Å². The summed E-state index contributed by atoms with van der Waals surface area (Å²) in [5.41, 5.74) is 1.32. The highest BCUT2D eigenvalue weighted by molar-refractivity contribution is 9.10. The lowest BCUT2D eigenvalue weighted by Crippen LogP contribution is -2.13. The van der Waals surface area contributed by atoms with E-state index < -0.39 is 0 Å². The van der Waals surface area contributed by atoms with Crippen LogP contribution in [0.2, 0.25) is 0 Å². The highest BCUT2D eigenvalue weighted by Gasteiger charge is 2.13. The molecule has 0 atom stereocenters. The van der Waals surface area contributed by atoms with E-state index in [1.807, 2.05) is 48.5 Å². The molecule has 7 heteroatoms. The van der Waals surface area contributed by atoms with Gasteiger partial charge < -0.3 is 9.09 Å². The number of fused-ring (bicyclic) bond motifs is 1. The van der Waals surface area contributed by atoms with E-state index in [9.17, 15) is 10.1 Å². The predicted octanol–water partition coefficient (Wildman–Crippen LogP) is 3.73. The third-order valence-electron chi connectivity index (χ3n) is 3.97. The molecule has 26 heavy (non-hydrogen) atoms. The molecule has 0 fully saturated rings. The van der Waals surface area contributed by atoms with E-state index in [4.69, 9.17) is 4.52 Å². The molecule has 0 spiro atoms. The first kappa shape index (κ1) is 16.2. The molecule has 0 aliphatic heterocycles. The van der Waals surface area contributed by atoms with Crippen molar-refractivity contribution in [3.05, 3.63) is 80.9 Å². The standard InChI is InChI=1S/C19H11BrN4O2/c20-14-6-7-16-15(8-14)18(25)13(9-21)10-24(16)11-17-22-19(23-26-17)12-4-2-1-3-5-12/h1-8,10H,11H2. The van der Waals surface area contributed by atoms with Crippen molar-refractivity contribution in [1.29, 1.82) is 5.26 Å². The lowest BCUT2D eigenvalue weighted by atomic mass is 10.1. The van der Waals surface area contributed by atoms with Crippen molar-refractivity contribution in [2.45, 2.75) is 6.54 Å². The molecule has 4 aromatic rings.